The van der Waals surface area contributed by atoms with E-state index in [1.807, 2.05) is 0 Å². The molecule has 0 bridgehead atoms. The van der Waals surface area contributed by atoms with Crippen molar-refractivity contribution in [3.63, 3.8) is 0 Å². The van der Waals surface area contributed by atoms with Crippen molar-refractivity contribution in [2.24, 2.45) is 0 Å². The smallest absolute Gasteiger partial charge is 0.162 e. The van der Waals surface area contributed by atoms with Gasteiger partial charge in [0, 0.05) is 12.1 Å². The third-order valence-electron chi connectivity index (χ3n) is 1.45. The third-order valence-corrected chi connectivity index (χ3v) is 1.75. The van der Waals surface area contributed by atoms with Gasteiger partial charge in [-0.1, -0.05) is 11.6 Å². The lowest BCUT2D eigenvalue weighted by molar-refractivity contribution is 0.366. The molecule has 0 fully saturated rings. The monoisotopic (exact) mass is 188 g/mol. The lowest BCUT2D eigenvalue weighted by Crippen LogP contribution is -1.87. The molecule has 0 amide bonds. The van der Waals surface area contributed by atoms with Gasteiger partial charge in [0.05, 0.1) is 19.2 Å². The molecule has 0 aromatic heterocycles. The van der Waals surface area contributed by atoms with Gasteiger partial charge in [-0.15, -0.1) is 0 Å². The molecule has 0 saturated carbocycles. The van der Waals surface area contributed by atoms with Crippen LogP contribution < -0.4 is 9.47 Å². The Labute approximate surface area is 75.5 Å². The van der Waals surface area contributed by atoms with E-state index in [2.05, 4.69) is 0 Å². The minimum atomic E-state index is 0.0127. The average Bonchev–Trinajstić information content (AvgIpc) is 2.08. The van der Waals surface area contributed by atoms with Gasteiger partial charge in [-0.2, -0.15) is 0 Å². The van der Waals surface area contributed by atoms with Crippen LogP contribution in [0.25, 0.3) is 0 Å². The van der Waals surface area contributed by atoms with Crippen LogP contribution in [0.1, 0.15) is 0 Å². The second-order valence-electron chi connectivity index (χ2n) is 2.16. The Kier molecular flexibility index (Phi) is 2.65. The zero-order chi connectivity index (χ0) is 9.14. The molecular formula is C8H9ClO3. The summed E-state index contributed by atoms with van der Waals surface area (Å²) in [7, 11) is 2.94. The summed E-state index contributed by atoms with van der Waals surface area (Å²) in [5.41, 5.74) is 0. The van der Waals surface area contributed by atoms with Crippen LogP contribution in [0.2, 0.25) is 5.02 Å². The molecular weight excluding hydrogens is 180 g/mol. The molecule has 0 saturated heterocycles. The highest BCUT2D eigenvalue weighted by atomic mass is 35.5. The minimum absolute atomic E-state index is 0.0127. The molecule has 0 atom stereocenters. The van der Waals surface area contributed by atoms with Crippen LogP contribution in [0.4, 0.5) is 0 Å². The largest absolute Gasteiger partial charge is 0.504 e. The summed E-state index contributed by atoms with van der Waals surface area (Å²) in [5.74, 6) is 0.773. The summed E-state index contributed by atoms with van der Waals surface area (Å²) in [6, 6.07) is 2.90. The summed E-state index contributed by atoms with van der Waals surface area (Å²) in [6.07, 6.45) is 0. The highest BCUT2D eigenvalue weighted by molar-refractivity contribution is 6.32. The van der Waals surface area contributed by atoms with Crippen molar-refractivity contribution >= 4 is 11.6 Å². The highest BCUT2D eigenvalue weighted by Crippen LogP contribution is 2.36. The molecule has 0 unspecified atom stereocenters. The lowest BCUT2D eigenvalue weighted by atomic mass is 10.3. The van der Waals surface area contributed by atoms with Gasteiger partial charge >= 0.3 is 0 Å². The van der Waals surface area contributed by atoms with Crippen LogP contribution in [-0.2, 0) is 0 Å². The van der Waals surface area contributed by atoms with Crippen molar-refractivity contribution in [2.75, 3.05) is 14.2 Å². The van der Waals surface area contributed by atoms with E-state index in [4.69, 9.17) is 21.1 Å². The average molecular weight is 189 g/mol. The van der Waals surface area contributed by atoms with Crippen LogP contribution in [0, 0.1) is 0 Å². The number of halogens is 1. The van der Waals surface area contributed by atoms with Gasteiger partial charge in [0.2, 0.25) is 0 Å². The second-order valence-corrected chi connectivity index (χ2v) is 2.57. The number of aromatic hydroxyl groups is 1. The van der Waals surface area contributed by atoms with Gasteiger partial charge in [-0.25, -0.2) is 0 Å². The van der Waals surface area contributed by atoms with E-state index < -0.39 is 0 Å². The Hall–Kier alpha value is -1.09. The molecule has 0 heterocycles. The summed E-state index contributed by atoms with van der Waals surface area (Å²) >= 11 is 5.76. The maximum Gasteiger partial charge on any atom is 0.162 e. The molecule has 1 aromatic carbocycles. The molecule has 3 nitrogen and oxygen atoms in total. The first-order valence-corrected chi connectivity index (χ1v) is 3.67. The minimum Gasteiger partial charge on any atom is -0.504 e. The molecule has 0 aliphatic rings. The number of phenolic OH excluding ortho intramolecular Hbond substituents is 1. The van der Waals surface area contributed by atoms with E-state index in [0.29, 0.717) is 16.5 Å². The van der Waals surface area contributed by atoms with Crippen molar-refractivity contribution in [3.05, 3.63) is 17.2 Å². The van der Waals surface area contributed by atoms with Crippen LogP contribution in [-0.4, -0.2) is 19.3 Å². The first kappa shape index (κ1) is 9.00. The first-order valence-electron chi connectivity index (χ1n) is 3.29. The summed E-state index contributed by atoms with van der Waals surface area (Å²) in [4.78, 5) is 0. The Morgan fingerprint density at radius 3 is 2.25 bits per heavy atom. The molecule has 1 aromatic rings. The summed E-state index contributed by atoms with van der Waals surface area (Å²) < 4.78 is 9.71. The summed E-state index contributed by atoms with van der Waals surface area (Å²) in [5, 5.41) is 9.69. The molecule has 1 rings (SSSR count). The third kappa shape index (κ3) is 1.56. The Balaban J connectivity index is 3.16. The topological polar surface area (TPSA) is 38.7 Å². The summed E-state index contributed by atoms with van der Waals surface area (Å²) in [6.45, 7) is 0. The first-order chi connectivity index (χ1) is 5.69. The van der Waals surface area contributed by atoms with E-state index in [0.717, 1.165) is 0 Å². The molecule has 1 N–H and O–H groups in total. The van der Waals surface area contributed by atoms with Gasteiger partial charge in [0.25, 0.3) is 0 Å². The fraction of sp³-hybridized carbons (Fsp3) is 0.250. The normalized spacial score (nSPS) is 9.58. The molecule has 66 valence electrons. The zero-order valence-corrected chi connectivity index (χ0v) is 7.55. The van der Waals surface area contributed by atoms with E-state index in [9.17, 15) is 5.11 Å². The van der Waals surface area contributed by atoms with Gasteiger partial charge in [-0.3, -0.25) is 0 Å². The fourth-order valence-corrected chi connectivity index (χ4v) is 1.08. The van der Waals surface area contributed by atoms with Gasteiger partial charge in [0.15, 0.2) is 11.5 Å². The van der Waals surface area contributed by atoms with Gasteiger partial charge in [0.1, 0.15) is 5.75 Å². The number of ether oxygens (including phenoxy) is 2. The highest BCUT2D eigenvalue weighted by Gasteiger charge is 2.07. The Morgan fingerprint density at radius 2 is 1.75 bits per heavy atom. The number of phenols is 1. The van der Waals surface area contributed by atoms with Gasteiger partial charge in [-0.05, 0) is 0 Å². The Bertz CT molecular complexity index is 256. The maximum absolute atomic E-state index is 9.28. The second kappa shape index (κ2) is 3.54. The molecule has 12 heavy (non-hydrogen) atoms. The maximum atomic E-state index is 9.28. The van der Waals surface area contributed by atoms with Crippen molar-refractivity contribution in [1.82, 2.24) is 0 Å². The lowest BCUT2D eigenvalue weighted by Gasteiger charge is -2.07. The molecule has 0 aliphatic heterocycles. The predicted octanol–water partition coefficient (Wildman–Crippen LogP) is 2.06. The van der Waals surface area contributed by atoms with Crippen LogP contribution >= 0.6 is 11.6 Å². The number of hydrogen-bond donors (Lipinski definition) is 1. The number of hydrogen-bond acceptors (Lipinski definition) is 3. The van der Waals surface area contributed by atoms with Gasteiger partial charge < -0.3 is 14.6 Å². The van der Waals surface area contributed by atoms with Crippen molar-refractivity contribution in [1.29, 1.82) is 0 Å². The van der Waals surface area contributed by atoms with Crippen molar-refractivity contribution in [2.45, 2.75) is 0 Å². The predicted molar refractivity (Wildman–Crippen MR) is 46.2 cm³/mol. The molecule has 0 aliphatic carbocycles. The van der Waals surface area contributed by atoms with E-state index in [1.165, 1.54) is 26.4 Å². The quantitative estimate of drug-likeness (QED) is 0.772. The van der Waals surface area contributed by atoms with E-state index in [1.54, 1.807) is 0 Å². The Morgan fingerprint density at radius 1 is 1.17 bits per heavy atom. The van der Waals surface area contributed by atoms with E-state index >= 15 is 0 Å². The standard InChI is InChI=1S/C8H9ClO3/c1-11-7-4-6(10)8(12-2)3-5(7)9/h3-4,10H,1-2H3. The fourth-order valence-electron chi connectivity index (χ4n) is 0.844. The van der Waals surface area contributed by atoms with E-state index in [-0.39, 0.29) is 5.75 Å². The van der Waals surface area contributed by atoms with Crippen molar-refractivity contribution in [3.8, 4) is 17.2 Å². The number of rotatable bonds is 2. The van der Waals surface area contributed by atoms with Crippen LogP contribution in [0.5, 0.6) is 17.2 Å². The molecule has 0 spiro atoms. The van der Waals surface area contributed by atoms with Crippen LogP contribution in [0.15, 0.2) is 12.1 Å². The van der Waals surface area contributed by atoms with Crippen molar-refractivity contribution < 1.29 is 14.6 Å². The molecule has 4 heteroatoms. The SMILES string of the molecule is COc1cc(Cl)c(OC)cc1O. The van der Waals surface area contributed by atoms with Crippen LogP contribution in [0.3, 0.4) is 0 Å². The zero-order valence-electron chi connectivity index (χ0n) is 6.80. The number of benzene rings is 1. The molecule has 0 radical (unpaired) electrons. The number of methoxy groups -OCH3 is 2.